The molecule has 1 amide bonds. The van der Waals surface area contributed by atoms with Gasteiger partial charge in [-0.3, -0.25) is 4.79 Å². The third-order valence-electron chi connectivity index (χ3n) is 4.25. The van der Waals surface area contributed by atoms with Crippen molar-refractivity contribution in [1.29, 1.82) is 0 Å². The van der Waals surface area contributed by atoms with Gasteiger partial charge in [0.25, 0.3) is 5.91 Å². The van der Waals surface area contributed by atoms with Crippen LogP contribution in [-0.2, 0) is 14.8 Å². The lowest BCUT2D eigenvalue weighted by molar-refractivity contribution is -0.118. The number of benzene rings is 2. The molecule has 1 aliphatic heterocycles. The summed E-state index contributed by atoms with van der Waals surface area (Å²) >= 11 is 1.60. The number of rotatable bonds is 7. The van der Waals surface area contributed by atoms with Gasteiger partial charge >= 0.3 is 0 Å². The molecule has 27 heavy (non-hydrogen) atoms. The first-order valence-corrected chi connectivity index (χ1v) is 11.3. The zero-order chi connectivity index (χ0) is 19.3. The molecule has 0 unspecified atom stereocenters. The van der Waals surface area contributed by atoms with Gasteiger partial charge in [-0.2, -0.15) is 4.31 Å². The topological polar surface area (TPSA) is 75.7 Å². The monoisotopic (exact) mass is 406 g/mol. The number of nitrogens with zero attached hydrogens (tertiary/aromatic N) is 1. The normalized spacial score (nSPS) is 14.9. The minimum Gasteiger partial charge on any atom is -0.484 e. The molecule has 1 aliphatic rings. The molecule has 8 heteroatoms. The minimum atomic E-state index is -3.44. The second-order valence-corrected chi connectivity index (χ2v) is 8.97. The van der Waals surface area contributed by atoms with Crippen molar-refractivity contribution in [3.63, 3.8) is 0 Å². The van der Waals surface area contributed by atoms with E-state index in [9.17, 15) is 13.2 Å². The number of hydrogen-bond acceptors (Lipinski definition) is 5. The van der Waals surface area contributed by atoms with Crippen LogP contribution < -0.4 is 10.1 Å². The van der Waals surface area contributed by atoms with Crippen molar-refractivity contribution in [3.05, 3.63) is 48.5 Å². The van der Waals surface area contributed by atoms with Gasteiger partial charge in [-0.1, -0.05) is 6.07 Å². The summed E-state index contributed by atoms with van der Waals surface area (Å²) in [5.41, 5.74) is 0.711. The average molecular weight is 407 g/mol. The van der Waals surface area contributed by atoms with Crippen LogP contribution in [0.4, 0.5) is 5.69 Å². The Morgan fingerprint density at radius 1 is 1.15 bits per heavy atom. The van der Waals surface area contributed by atoms with Crippen molar-refractivity contribution < 1.29 is 17.9 Å². The highest BCUT2D eigenvalue weighted by atomic mass is 32.2. The summed E-state index contributed by atoms with van der Waals surface area (Å²) in [5.74, 6) is 0.172. The highest BCUT2D eigenvalue weighted by molar-refractivity contribution is 7.98. The molecule has 6 nitrogen and oxygen atoms in total. The molecule has 0 atom stereocenters. The van der Waals surface area contributed by atoms with Gasteiger partial charge < -0.3 is 10.1 Å². The molecule has 1 N–H and O–H groups in total. The minimum absolute atomic E-state index is 0.151. The molecule has 2 aromatic carbocycles. The predicted molar refractivity (Wildman–Crippen MR) is 107 cm³/mol. The van der Waals surface area contributed by atoms with Crippen molar-refractivity contribution in [2.75, 3.05) is 31.3 Å². The SMILES string of the molecule is CSc1cccc(NC(=O)COc2ccc(S(=O)(=O)N3CCCC3)cc2)c1. The maximum atomic E-state index is 12.5. The molecule has 144 valence electrons. The van der Waals surface area contributed by atoms with Gasteiger partial charge in [0, 0.05) is 23.7 Å². The number of amides is 1. The van der Waals surface area contributed by atoms with Crippen LogP contribution in [-0.4, -0.2) is 44.6 Å². The van der Waals surface area contributed by atoms with Gasteiger partial charge in [0.05, 0.1) is 4.90 Å². The zero-order valence-corrected chi connectivity index (χ0v) is 16.7. The van der Waals surface area contributed by atoms with Crippen LogP contribution in [0, 0.1) is 0 Å². The largest absolute Gasteiger partial charge is 0.484 e. The third kappa shape index (κ3) is 5.03. The molecule has 3 rings (SSSR count). The van der Waals surface area contributed by atoms with Gasteiger partial charge in [0.15, 0.2) is 6.61 Å². The Labute approximate surface area is 164 Å². The molecule has 0 aliphatic carbocycles. The molecule has 0 aromatic heterocycles. The summed E-state index contributed by atoms with van der Waals surface area (Å²) in [6.07, 6.45) is 3.77. The van der Waals surface area contributed by atoms with Crippen LogP contribution in [0.25, 0.3) is 0 Å². The van der Waals surface area contributed by atoms with Crippen LogP contribution in [0.15, 0.2) is 58.3 Å². The quantitative estimate of drug-likeness (QED) is 0.715. The van der Waals surface area contributed by atoms with Crippen LogP contribution in [0.5, 0.6) is 5.75 Å². The summed E-state index contributed by atoms with van der Waals surface area (Å²) in [6.45, 7) is 0.985. The van der Waals surface area contributed by atoms with Crippen molar-refractivity contribution in [2.45, 2.75) is 22.6 Å². The van der Waals surface area contributed by atoms with Crippen LogP contribution >= 0.6 is 11.8 Å². The molecule has 0 saturated carbocycles. The summed E-state index contributed by atoms with van der Waals surface area (Å²) in [6, 6.07) is 13.7. The molecule has 0 radical (unpaired) electrons. The number of sulfonamides is 1. The predicted octanol–water partition coefficient (Wildman–Crippen LogP) is 3.21. The number of carbonyl (C=O) groups is 1. The first-order valence-electron chi connectivity index (χ1n) is 8.66. The summed E-state index contributed by atoms with van der Waals surface area (Å²) in [5, 5.41) is 2.78. The van der Waals surface area contributed by atoms with E-state index in [0.717, 1.165) is 17.7 Å². The Balaban J connectivity index is 1.56. The van der Waals surface area contributed by atoms with E-state index in [1.807, 2.05) is 30.5 Å². The lowest BCUT2D eigenvalue weighted by atomic mass is 10.3. The molecular weight excluding hydrogens is 384 g/mol. The maximum Gasteiger partial charge on any atom is 0.262 e. The Morgan fingerprint density at radius 3 is 2.52 bits per heavy atom. The van der Waals surface area contributed by atoms with Crippen molar-refractivity contribution in [3.8, 4) is 5.75 Å². The third-order valence-corrected chi connectivity index (χ3v) is 6.89. The van der Waals surface area contributed by atoms with Gasteiger partial charge in [-0.25, -0.2) is 8.42 Å². The van der Waals surface area contributed by atoms with Gasteiger partial charge in [0.2, 0.25) is 10.0 Å². The Hall–Kier alpha value is -2.03. The lowest BCUT2D eigenvalue weighted by Crippen LogP contribution is -2.27. The van der Waals surface area contributed by atoms with Crippen molar-refractivity contribution in [2.24, 2.45) is 0 Å². The molecule has 1 heterocycles. The van der Waals surface area contributed by atoms with E-state index in [-0.39, 0.29) is 17.4 Å². The smallest absolute Gasteiger partial charge is 0.262 e. The highest BCUT2D eigenvalue weighted by Crippen LogP contribution is 2.23. The van der Waals surface area contributed by atoms with E-state index in [1.165, 1.54) is 16.4 Å². The molecule has 2 aromatic rings. The van der Waals surface area contributed by atoms with Crippen LogP contribution in [0.2, 0.25) is 0 Å². The zero-order valence-electron chi connectivity index (χ0n) is 15.1. The standard InChI is InChI=1S/C19H22N2O4S2/c1-26-17-6-4-5-15(13-17)20-19(22)14-25-16-7-9-18(10-8-16)27(23,24)21-11-2-3-12-21/h4-10,13H,2-3,11-12,14H2,1H3,(H,20,22). The van der Waals surface area contributed by atoms with E-state index in [0.29, 0.717) is 24.5 Å². The molecule has 0 spiro atoms. The van der Waals surface area contributed by atoms with Crippen LogP contribution in [0.3, 0.4) is 0 Å². The van der Waals surface area contributed by atoms with E-state index in [2.05, 4.69) is 5.32 Å². The Morgan fingerprint density at radius 2 is 1.85 bits per heavy atom. The molecule has 0 bridgehead atoms. The fourth-order valence-electron chi connectivity index (χ4n) is 2.83. The maximum absolute atomic E-state index is 12.5. The van der Waals surface area contributed by atoms with Crippen molar-refractivity contribution in [1.82, 2.24) is 4.31 Å². The number of carbonyl (C=O) groups excluding carboxylic acids is 1. The number of thioether (sulfide) groups is 1. The number of anilines is 1. The number of nitrogens with one attached hydrogen (secondary N) is 1. The number of ether oxygens (including phenoxy) is 1. The molecule has 1 fully saturated rings. The highest BCUT2D eigenvalue weighted by Gasteiger charge is 2.26. The van der Waals surface area contributed by atoms with E-state index < -0.39 is 10.0 Å². The summed E-state index contributed by atoms with van der Waals surface area (Å²) in [4.78, 5) is 13.3. The molecule has 1 saturated heterocycles. The second kappa shape index (κ2) is 8.77. The van der Waals surface area contributed by atoms with Crippen molar-refractivity contribution >= 4 is 33.4 Å². The fourth-order valence-corrected chi connectivity index (χ4v) is 4.81. The average Bonchev–Trinajstić information content (AvgIpc) is 3.22. The second-order valence-electron chi connectivity index (χ2n) is 6.15. The first kappa shape index (κ1) is 19.7. The van der Waals surface area contributed by atoms with E-state index in [4.69, 9.17) is 4.74 Å². The van der Waals surface area contributed by atoms with E-state index >= 15 is 0 Å². The van der Waals surface area contributed by atoms with E-state index in [1.54, 1.807) is 23.9 Å². The number of hydrogen-bond donors (Lipinski definition) is 1. The summed E-state index contributed by atoms with van der Waals surface area (Å²) in [7, 11) is -3.44. The Bertz CT molecular complexity index is 892. The summed E-state index contributed by atoms with van der Waals surface area (Å²) < 4.78 is 31.9. The molecular formula is C19H22N2O4S2. The van der Waals surface area contributed by atoms with Gasteiger partial charge in [-0.05, 0) is 61.6 Å². The lowest BCUT2D eigenvalue weighted by Gasteiger charge is -2.15. The van der Waals surface area contributed by atoms with Gasteiger partial charge in [-0.15, -0.1) is 11.8 Å². The fraction of sp³-hybridized carbons (Fsp3) is 0.316. The first-order chi connectivity index (χ1) is 13.0. The Kier molecular flexibility index (Phi) is 6.41. The van der Waals surface area contributed by atoms with Crippen LogP contribution in [0.1, 0.15) is 12.8 Å². The van der Waals surface area contributed by atoms with Gasteiger partial charge in [0.1, 0.15) is 5.75 Å².